The normalized spacial score (nSPS) is 14.6. The Labute approximate surface area is 209 Å². The number of aromatic nitrogens is 2. The summed E-state index contributed by atoms with van der Waals surface area (Å²) in [6.45, 7) is 4.29. The minimum absolute atomic E-state index is 0.0765. The molecule has 0 spiro atoms. The van der Waals surface area contributed by atoms with Crippen LogP contribution in [0.1, 0.15) is 25.8 Å². The number of rotatable bonds is 7. The molecule has 2 heterocycles. The van der Waals surface area contributed by atoms with Gasteiger partial charge in [-0.1, -0.05) is 44.2 Å². The average molecular weight is 531 g/mol. The van der Waals surface area contributed by atoms with Crippen LogP contribution >= 0.6 is 0 Å². The van der Waals surface area contributed by atoms with E-state index in [1.54, 1.807) is 30.3 Å². The molecule has 1 aliphatic rings. The standard InChI is InChI=1S/C24H26N4O6S2/c1-15(2)11-12-28-24(30)21(23(29)22(26-28)16-7-5-4-6-8-16)19-14-36(33,34)20-13-17(27-35(3,31)32)9-10-18(20)25-19/h4-10,13-15,25,27,29H,11-12H2,1-3H3. The highest BCUT2D eigenvalue weighted by atomic mass is 32.2. The van der Waals surface area contributed by atoms with Gasteiger partial charge in [0.2, 0.25) is 19.9 Å². The van der Waals surface area contributed by atoms with E-state index in [2.05, 4.69) is 15.1 Å². The summed E-state index contributed by atoms with van der Waals surface area (Å²) in [7, 11) is -7.72. The van der Waals surface area contributed by atoms with Crippen LogP contribution in [0, 0.1) is 5.92 Å². The Balaban J connectivity index is 1.88. The maximum Gasteiger partial charge on any atom is 0.279 e. The van der Waals surface area contributed by atoms with E-state index in [4.69, 9.17) is 0 Å². The van der Waals surface area contributed by atoms with Crippen molar-refractivity contribution in [1.29, 1.82) is 0 Å². The third kappa shape index (κ3) is 5.29. The van der Waals surface area contributed by atoms with E-state index in [1.165, 1.54) is 22.9 Å². The van der Waals surface area contributed by atoms with Crippen LogP contribution in [0.25, 0.3) is 17.0 Å². The van der Waals surface area contributed by atoms with Gasteiger partial charge in [-0.2, -0.15) is 5.10 Å². The lowest BCUT2D eigenvalue weighted by molar-refractivity contribution is 0.443. The number of aryl methyl sites for hydroxylation is 1. The summed E-state index contributed by atoms with van der Waals surface area (Å²) >= 11 is 0. The number of nitrogens with one attached hydrogen (secondary N) is 2. The van der Waals surface area contributed by atoms with Crippen molar-refractivity contribution in [3.63, 3.8) is 0 Å². The predicted octanol–water partition coefficient (Wildman–Crippen LogP) is 3.23. The van der Waals surface area contributed by atoms with Crippen LogP contribution in [-0.2, 0) is 26.4 Å². The molecular weight excluding hydrogens is 504 g/mol. The first-order valence-corrected chi connectivity index (χ1v) is 14.5. The number of fused-ring (bicyclic) bond motifs is 1. The molecule has 3 N–H and O–H groups in total. The fourth-order valence-corrected chi connectivity index (χ4v) is 5.67. The predicted molar refractivity (Wildman–Crippen MR) is 139 cm³/mol. The Hall–Kier alpha value is -3.64. The van der Waals surface area contributed by atoms with Crippen molar-refractivity contribution < 1.29 is 21.9 Å². The minimum atomic E-state index is -4.11. The fourth-order valence-electron chi connectivity index (χ4n) is 3.78. The van der Waals surface area contributed by atoms with Crippen LogP contribution in [-0.4, -0.2) is 38.0 Å². The SMILES string of the molecule is CC(C)CCn1nc(-c2ccccc2)c(O)c(C2=CS(=O)(=O)c3cc(NS(C)(=O)=O)ccc3N2)c1=O. The quantitative estimate of drug-likeness (QED) is 0.422. The van der Waals surface area contributed by atoms with E-state index in [0.29, 0.717) is 12.0 Å². The van der Waals surface area contributed by atoms with Crippen molar-refractivity contribution in [2.75, 3.05) is 16.3 Å². The zero-order valence-electron chi connectivity index (χ0n) is 19.9. The van der Waals surface area contributed by atoms with Gasteiger partial charge in [0.1, 0.15) is 11.3 Å². The maximum atomic E-state index is 13.4. The van der Waals surface area contributed by atoms with Crippen molar-refractivity contribution in [1.82, 2.24) is 9.78 Å². The molecule has 0 aliphatic carbocycles. The average Bonchev–Trinajstić information content (AvgIpc) is 2.78. The van der Waals surface area contributed by atoms with Crippen molar-refractivity contribution >= 4 is 36.9 Å². The Morgan fingerprint density at radius 2 is 1.83 bits per heavy atom. The molecule has 4 rings (SSSR count). The highest BCUT2D eigenvalue weighted by molar-refractivity contribution is 7.94. The largest absolute Gasteiger partial charge is 0.505 e. The lowest BCUT2D eigenvalue weighted by atomic mass is 10.1. The molecule has 0 saturated heterocycles. The second-order valence-corrected chi connectivity index (χ2v) is 12.4. The van der Waals surface area contributed by atoms with Crippen molar-refractivity contribution in [2.45, 2.75) is 31.7 Å². The van der Waals surface area contributed by atoms with Crippen LogP contribution in [0.4, 0.5) is 11.4 Å². The van der Waals surface area contributed by atoms with E-state index in [0.717, 1.165) is 11.7 Å². The molecule has 0 radical (unpaired) electrons. The van der Waals surface area contributed by atoms with Gasteiger partial charge in [-0.25, -0.2) is 21.5 Å². The number of hydrogen-bond donors (Lipinski definition) is 3. The van der Waals surface area contributed by atoms with E-state index >= 15 is 0 Å². The van der Waals surface area contributed by atoms with Gasteiger partial charge in [0.25, 0.3) is 5.56 Å². The smallest absolute Gasteiger partial charge is 0.279 e. The Morgan fingerprint density at radius 1 is 1.14 bits per heavy atom. The second-order valence-electron chi connectivity index (χ2n) is 8.94. The van der Waals surface area contributed by atoms with Crippen LogP contribution < -0.4 is 15.6 Å². The zero-order chi connectivity index (χ0) is 26.3. The van der Waals surface area contributed by atoms with Gasteiger partial charge in [-0.3, -0.25) is 9.52 Å². The summed E-state index contributed by atoms with van der Waals surface area (Å²) in [6.07, 6.45) is 1.60. The third-order valence-electron chi connectivity index (χ3n) is 5.50. The summed E-state index contributed by atoms with van der Waals surface area (Å²) in [5.74, 6) is -0.162. The van der Waals surface area contributed by atoms with Crippen LogP contribution in [0.15, 0.2) is 63.6 Å². The monoisotopic (exact) mass is 530 g/mol. The minimum Gasteiger partial charge on any atom is -0.505 e. The molecule has 1 aliphatic heterocycles. The lowest BCUT2D eigenvalue weighted by Gasteiger charge is -2.22. The Kier molecular flexibility index (Phi) is 6.67. The van der Waals surface area contributed by atoms with Gasteiger partial charge in [-0.05, 0) is 30.5 Å². The highest BCUT2D eigenvalue weighted by Crippen LogP contribution is 2.38. The molecule has 12 heteroatoms. The number of benzene rings is 2. The third-order valence-corrected chi connectivity index (χ3v) is 7.60. The van der Waals surface area contributed by atoms with Gasteiger partial charge in [0, 0.05) is 17.8 Å². The zero-order valence-corrected chi connectivity index (χ0v) is 21.5. The molecule has 10 nitrogen and oxygen atoms in total. The molecule has 0 bridgehead atoms. The topological polar surface area (TPSA) is 147 Å². The van der Waals surface area contributed by atoms with Crippen LogP contribution in [0.3, 0.4) is 0 Å². The van der Waals surface area contributed by atoms with E-state index in [1.807, 2.05) is 13.8 Å². The molecular formula is C24H26N4O6S2. The van der Waals surface area contributed by atoms with Gasteiger partial charge < -0.3 is 10.4 Å². The van der Waals surface area contributed by atoms with Gasteiger partial charge >= 0.3 is 0 Å². The Morgan fingerprint density at radius 3 is 2.47 bits per heavy atom. The van der Waals surface area contributed by atoms with Crippen LogP contribution in [0.2, 0.25) is 0 Å². The molecule has 3 aromatic rings. The van der Waals surface area contributed by atoms with E-state index in [-0.39, 0.29) is 45.7 Å². The number of nitrogens with zero attached hydrogens (tertiary/aromatic N) is 2. The summed E-state index contributed by atoms with van der Waals surface area (Å²) in [5.41, 5.74) is -0.0458. The number of aromatic hydroxyl groups is 1. The molecule has 0 atom stereocenters. The lowest BCUT2D eigenvalue weighted by Crippen LogP contribution is -2.29. The van der Waals surface area contributed by atoms with Crippen molar-refractivity contribution in [3.8, 4) is 17.0 Å². The molecule has 0 fully saturated rings. The van der Waals surface area contributed by atoms with Crippen molar-refractivity contribution in [2.24, 2.45) is 5.92 Å². The number of anilines is 2. The molecule has 1 aromatic heterocycles. The molecule has 36 heavy (non-hydrogen) atoms. The number of sulfone groups is 1. The van der Waals surface area contributed by atoms with E-state index < -0.39 is 31.2 Å². The maximum absolute atomic E-state index is 13.4. The van der Waals surface area contributed by atoms with Gasteiger partial charge in [0.15, 0.2) is 5.75 Å². The molecule has 190 valence electrons. The fraction of sp³-hybridized carbons (Fsp3) is 0.250. The number of sulfonamides is 1. The molecule has 0 amide bonds. The van der Waals surface area contributed by atoms with E-state index in [9.17, 15) is 26.7 Å². The Bertz CT molecular complexity index is 1630. The van der Waals surface area contributed by atoms with Crippen molar-refractivity contribution in [3.05, 3.63) is 69.9 Å². The summed E-state index contributed by atoms with van der Waals surface area (Å²) in [5, 5.41) is 19.3. The first-order chi connectivity index (χ1) is 16.9. The summed E-state index contributed by atoms with van der Waals surface area (Å²) in [6, 6.07) is 12.8. The summed E-state index contributed by atoms with van der Waals surface area (Å²) in [4.78, 5) is 13.2. The molecule has 0 saturated carbocycles. The molecule has 0 unspecified atom stereocenters. The van der Waals surface area contributed by atoms with Gasteiger partial charge in [0.05, 0.1) is 27.9 Å². The first-order valence-electron chi connectivity index (χ1n) is 11.1. The van der Waals surface area contributed by atoms with Crippen LogP contribution in [0.5, 0.6) is 5.75 Å². The number of hydrogen-bond acceptors (Lipinski definition) is 8. The molecule has 2 aromatic carbocycles. The first kappa shape index (κ1) is 25.5. The van der Waals surface area contributed by atoms with Gasteiger partial charge in [-0.15, -0.1) is 0 Å². The second kappa shape index (κ2) is 9.43. The highest BCUT2D eigenvalue weighted by Gasteiger charge is 2.29. The summed E-state index contributed by atoms with van der Waals surface area (Å²) < 4.78 is 52.9.